The minimum atomic E-state index is -0.161. The number of hydrogen-bond donors (Lipinski definition) is 0. The summed E-state index contributed by atoms with van der Waals surface area (Å²) < 4.78 is 5.36. The van der Waals surface area contributed by atoms with Crippen molar-refractivity contribution in [2.45, 2.75) is 25.6 Å². The summed E-state index contributed by atoms with van der Waals surface area (Å²) in [4.78, 5) is 0. The smallest absolute Gasteiger partial charge is 0.123 e. The predicted octanol–water partition coefficient (Wildman–Crippen LogP) is 5.49. The molecule has 106 valence electrons. The van der Waals surface area contributed by atoms with Gasteiger partial charge in [-0.25, -0.2) is 0 Å². The van der Waals surface area contributed by atoms with E-state index in [2.05, 4.69) is 32.0 Å². The van der Waals surface area contributed by atoms with Gasteiger partial charge in [-0.15, -0.1) is 11.6 Å². The summed E-state index contributed by atoms with van der Waals surface area (Å²) in [6, 6.07) is 12.0. The quantitative estimate of drug-likeness (QED) is 0.679. The topological polar surface area (TPSA) is 9.23 Å². The van der Waals surface area contributed by atoms with E-state index in [0.717, 1.165) is 17.7 Å². The molecule has 0 N–H and O–H groups in total. The molecule has 2 aromatic rings. The molecule has 0 saturated carbocycles. The number of hydrogen-bond acceptors (Lipinski definition) is 1. The van der Waals surface area contributed by atoms with Crippen molar-refractivity contribution in [1.29, 1.82) is 0 Å². The van der Waals surface area contributed by atoms with Gasteiger partial charge < -0.3 is 4.74 Å². The third kappa shape index (κ3) is 3.47. The number of methoxy groups -OCH3 is 1. The molecule has 0 saturated heterocycles. The van der Waals surface area contributed by atoms with Crippen LogP contribution in [-0.4, -0.2) is 7.11 Å². The molecule has 0 fully saturated rings. The van der Waals surface area contributed by atoms with Gasteiger partial charge in [-0.1, -0.05) is 29.8 Å². The van der Waals surface area contributed by atoms with Gasteiger partial charge in [-0.05, 0) is 55.2 Å². The SMILES string of the molecule is COc1ccc(Cl)cc1C(Cl)Cc1ccc(C)c(C)c1. The first-order valence-electron chi connectivity index (χ1n) is 6.55. The lowest BCUT2D eigenvalue weighted by Crippen LogP contribution is -2.00. The standard InChI is InChI=1S/C17H18Cl2O/c1-11-4-5-13(8-12(11)2)9-16(19)15-10-14(18)6-7-17(15)20-3/h4-8,10,16H,9H2,1-3H3. The molecule has 2 aromatic carbocycles. The molecule has 0 amide bonds. The molecule has 0 spiro atoms. The monoisotopic (exact) mass is 308 g/mol. The molecule has 0 aromatic heterocycles. The van der Waals surface area contributed by atoms with Gasteiger partial charge in [0.1, 0.15) is 5.75 Å². The third-order valence-corrected chi connectivity index (χ3v) is 4.14. The maximum atomic E-state index is 6.55. The van der Waals surface area contributed by atoms with Crippen molar-refractivity contribution in [3.8, 4) is 5.75 Å². The maximum Gasteiger partial charge on any atom is 0.123 e. The van der Waals surface area contributed by atoms with Crippen LogP contribution in [0.15, 0.2) is 36.4 Å². The lowest BCUT2D eigenvalue weighted by Gasteiger charge is -2.15. The highest BCUT2D eigenvalue weighted by Crippen LogP contribution is 2.34. The second kappa shape index (κ2) is 6.51. The molecule has 20 heavy (non-hydrogen) atoms. The Kier molecular flexibility index (Phi) is 4.95. The normalized spacial score (nSPS) is 12.2. The molecule has 0 heterocycles. The Morgan fingerprint density at radius 1 is 1.05 bits per heavy atom. The van der Waals surface area contributed by atoms with E-state index in [-0.39, 0.29) is 5.38 Å². The number of aryl methyl sites for hydroxylation is 2. The van der Waals surface area contributed by atoms with E-state index in [0.29, 0.717) is 5.02 Å². The van der Waals surface area contributed by atoms with Crippen molar-refractivity contribution in [3.05, 3.63) is 63.7 Å². The number of rotatable bonds is 4. The van der Waals surface area contributed by atoms with E-state index < -0.39 is 0 Å². The Morgan fingerprint density at radius 3 is 2.45 bits per heavy atom. The molecule has 3 heteroatoms. The second-order valence-corrected chi connectivity index (χ2v) is 5.94. The van der Waals surface area contributed by atoms with Crippen molar-refractivity contribution < 1.29 is 4.74 Å². The minimum absolute atomic E-state index is 0.161. The summed E-state index contributed by atoms with van der Waals surface area (Å²) in [5.74, 6) is 0.776. The van der Waals surface area contributed by atoms with Crippen LogP contribution >= 0.6 is 23.2 Å². The van der Waals surface area contributed by atoms with Crippen LogP contribution < -0.4 is 4.74 Å². The van der Waals surface area contributed by atoms with Gasteiger partial charge >= 0.3 is 0 Å². The van der Waals surface area contributed by atoms with Crippen molar-refractivity contribution in [2.24, 2.45) is 0 Å². The first-order chi connectivity index (χ1) is 9.51. The summed E-state index contributed by atoms with van der Waals surface area (Å²) in [7, 11) is 1.65. The number of halogens is 2. The molecule has 1 nitrogen and oxygen atoms in total. The summed E-state index contributed by atoms with van der Waals surface area (Å²) in [6.07, 6.45) is 0.749. The van der Waals surface area contributed by atoms with Gasteiger partial charge in [0.25, 0.3) is 0 Å². The summed E-state index contributed by atoms with van der Waals surface area (Å²) in [6.45, 7) is 4.22. The second-order valence-electron chi connectivity index (χ2n) is 4.98. The van der Waals surface area contributed by atoms with Gasteiger partial charge in [0.15, 0.2) is 0 Å². The fourth-order valence-electron chi connectivity index (χ4n) is 2.20. The van der Waals surface area contributed by atoms with Gasteiger partial charge in [0.2, 0.25) is 0 Å². The Morgan fingerprint density at radius 2 is 1.80 bits per heavy atom. The van der Waals surface area contributed by atoms with Gasteiger partial charge in [0, 0.05) is 10.6 Å². The van der Waals surface area contributed by atoms with Crippen LogP contribution in [0.4, 0.5) is 0 Å². The van der Waals surface area contributed by atoms with E-state index in [1.807, 2.05) is 18.2 Å². The Bertz CT molecular complexity index is 608. The molecule has 0 aliphatic heterocycles. The van der Waals surface area contributed by atoms with Crippen molar-refractivity contribution in [1.82, 2.24) is 0 Å². The molecule has 1 unspecified atom stereocenters. The van der Waals surface area contributed by atoms with E-state index in [1.54, 1.807) is 7.11 Å². The van der Waals surface area contributed by atoms with Crippen molar-refractivity contribution in [3.63, 3.8) is 0 Å². The van der Waals surface area contributed by atoms with Crippen LogP contribution in [0.5, 0.6) is 5.75 Å². The lowest BCUT2D eigenvalue weighted by atomic mass is 9.99. The average molecular weight is 309 g/mol. The highest BCUT2D eigenvalue weighted by molar-refractivity contribution is 6.31. The van der Waals surface area contributed by atoms with Gasteiger partial charge in [0.05, 0.1) is 12.5 Å². The molecule has 0 bridgehead atoms. The lowest BCUT2D eigenvalue weighted by molar-refractivity contribution is 0.409. The van der Waals surface area contributed by atoms with Crippen molar-refractivity contribution in [2.75, 3.05) is 7.11 Å². The number of alkyl halides is 1. The van der Waals surface area contributed by atoms with Gasteiger partial charge in [-0.3, -0.25) is 0 Å². The molecule has 2 rings (SSSR count). The van der Waals surface area contributed by atoms with Crippen LogP contribution in [-0.2, 0) is 6.42 Å². The summed E-state index contributed by atoms with van der Waals surface area (Å²) in [5, 5.41) is 0.511. The largest absolute Gasteiger partial charge is 0.496 e. The van der Waals surface area contributed by atoms with Crippen LogP contribution in [0.25, 0.3) is 0 Å². The summed E-state index contributed by atoms with van der Waals surface area (Å²) in [5.41, 5.74) is 4.72. The van der Waals surface area contributed by atoms with Crippen LogP contribution in [0.3, 0.4) is 0 Å². The minimum Gasteiger partial charge on any atom is -0.496 e. The zero-order valence-electron chi connectivity index (χ0n) is 11.9. The number of ether oxygens (including phenoxy) is 1. The van der Waals surface area contributed by atoms with E-state index >= 15 is 0 Å². The Hall–Kier alpha value is -1.18. The summed E-state index contributed by atoms with van der Waals surface area (Å²) >= 11 is 12.6. The molecule has 0 aliphatic rings. The first kappa shape index (κ1) is 15.2. The maximum absolute atomic E-state index is 6.55. The van der Waals surface area contributed by atoms with Crippen molar-refractivity contribution >= 4 is 23.2 Å². The first-order valence-corrected chi connectivity index (χ1v) is 7.36. The third-order valence-electron chi connectivity index (χ3n) is 3.52. The molecular weight excluding hydrogens is 291 g/mol. The van der Waals surface area contributed by atoms with E-state index in [4.69, 9.17) is 27.9 Å². The van der Waals surface area contributed by atoms with E-state index in [9.17, 15) is 0 Å². The molecular formula is C17H18Cl2O. The molecule has 1 atom stereocenters. The number of benzene rings is 2. The highest BCUT2D eigenvalue weighted by Gasteiger charge is 2.15. The average Bonchev–Trinajstić information content (AvgIpc) is 2.43. The van der Waals surface area contributed by atoms with Crippen LogP contribution in [0.2, 0.25) is 5.02 Å². The molecule has 0 radical (unpaired) electrons. The zero-order chi connectivity index (χ0) is 14.7. The van der Waals surface area contributed by atoms with Gasteiger partial charge in [-0.2, -0.15) is 0 Å². The fourth-order valence-corrected chi connectivity index (χ4v) is 2.73. The van der Waals surface area contributed by atoms with Crippen LogP contribution in [0.1, 0.15) is 27.6 Å². The van der Waals surface area contributed by atoms with Crippen LogP contribution in [0, 0.1) is 13.8 Å². The van der Waals surface area contributed by atoms with E-state index in [1.165, 1.54) is 16.7 Å². The Labute approximate surface area is 130 Å². The predicted molar refractivity (Wildman–Crippen MR) is 86.2 cm³/mol. The highest BCUT2D eigenvalue weighted by atomic mass is 35.5. The Balaban J connectivity index is 2.25. The fraction of sp³-hybridized carbons (Fsp3) is 0.294. The zero-order valence-corrected chi connectivity index (χ0v) is 13.4. The molecule has 0 aliphatic carbocycles.